The third-order valence-electron chi connectivity index (χ3n) is 4.70. The molecule has 1 aliphatic heterocycles. The summed E-state index contributed by atoms with van der Waals surface area (Å²) < 4.78 is 20.4. The minimum absolute atomic E-state index is 0.0236. The van der Waals surface area contributed by atoms with E-state index >= 15 is 0 Å². The molecule has 0 radical (unpaired) electrons. The minimum Gasteiger partial charge on any atom is -0.355 e. The average molecular weight is 369 g/mol. The number of halogens is 1. The van der Waals surface area contributed by atoms with E-state index in [9.17, 15) is 9.18 Å². The monoisotopic (exact) mass is 369 g/mol. The predicted molar refractivity (Wildman–Crippen MR) is 95.6 cm³/mol. The number of carbonyl (C=O) groups is 1. The lowest BCUT2D eigenvalue weighted by Gasteiger charge is -2.25. The number of amides is 1. The van der Waals surface area contributed by atoms with E-state index in [0.717, 1.165) is 24.5 Å². The summed E-state index contributed by atoms with van der Waals surface area (Å²) in [5.74, 6) is 1.97. The Labute approximate surface area is 155 Å². The molecule has 0 saturated carbocycles. The summed E-state index contributed by atoms with van der Waals surface area (Å²) in [5, 5.41) is 15.4. The minimum atomic E-state index is -0.331. The zero-order valence-electron chi connectivity index (χ0n) is 15.1. The van der Waals surface area contributed by atoms with Crippen LogP contribution in [0, 0.1) is 5.82 Å². The topological polar surface area (TPSA) is 85.8 Å². The standard InChI is InChI=1S/C19H20FN5O2/c1-11(2)18-23-22-17-8-7-14(10-25(17)18)21-19(26)15-9-16(27-24-15)12-3-5-13(20)6-4-12/h3-6,9,11,14H,7-8,10H2,1-2H3,(H,21,26). The van der Waals surface area contributed by atoms with Gasteiger partial charge in [-0.25, -0.2) is 4.39 Å². The average Bonchev–Trinajstić information content (AvgIpc) is 3.29. The largest absolute Gasteiger partial charge is 0.355 e. The number of carbonyl (C=O) groups excluding carboxylic acids is 1. The van der Waals surface area contributed by atoms with E-state index in [-0.39, 0.29) is 29.4 Å². The van der Waals surface area contributed by atoms with Gasteiger partial charge in [-0.05, 0) is 30.7 Å². The Morgan fingerprint density at radius 3 is 2.81 bits per heavy atom. The first-order valence-corrected chi connectivity index (χ1v) is 8.96. The van der Waals surface area contributed by atoms with Crippen LogP contribution in [0.5, 0.6) is 0 Å². The van der Waals surface area contributed by atoms with E-state index in [0.29, 0.717) is 17.9 Å². The first-order chi connectivity index (χ1) is 13.0. The number of benzene rings is 1. The van der Waals surface area contributed by atoms with Crippen molar-refractivity contribution in [2.45, 2.75) is 45.2 Å². The molecule has 1 aromatic carbocycles. The molecule has 2 aromatic heterocycles. The summed E-state index contributed by atoms with van der Waals surface area (Å²) in [4.78, 5) is 12.5. The first-order valence-electron chi connectivity index (χ1n) is 8.96. The quantitative estimate of drug-likeness (QED) is 0.764. The van der Waals surface area contributed by atoms with E-state index < -0.39 is 0 Å². The third-order valence-corrected chi connectivity index (χ3v) is 4.70. The molecule has 1 aliphatic rings. The van der Waals surface area contributed by atoms with Crippen LogP contribution in [0.1, 0.15) is 48.3 Å². The molecular formula is C19H20FN5O2. The summed E-state index contributed by atoms with van der Waals surface area (Å²) in [6, 6.07) is 7.38. The van der Waals surface area contributed by atoms with Gasteiger partial charge in [0.25, 0.3) is 5.91 Å². The molecule has 7 nitrogen and oxygen atoms in total. The van der Waals surface area contributed by atoms with Gasteiger partial charge in [0.2, 0.25) is 0 Å². The van der Waals surface area contributed by atoms with Crippen molar-refractivity contribution in [1.82, 2.24) is 25.2 Å². The highest BCUT2D eigenvalue weighted by Gasteiger charge is 2.26. The fourth-order valence-corrected chi connectivity index (χ4v) is 3.28. The van der Waals surface area contributed by atoms with Crippen LogP contribution < -0.4 is 5.32 Å². The Morgan fingerprint density at radius 2 is 2.07 bits per heavy atom. The molecule has 0 saturated heterocycles. The van der Waals surface area contributed by atoms with Gasteiger partial charge in [-0.1, -0.05) is 19.0 Å². The molecule has 8 heteroatoms. The highest BCUT2D eigenvalue weighted by molar-refractivity contribution is 5.93. The second-order valence-electron chi connectivity index (χ2n) is 7.03. The van der Waals surface area contributed by atoms with Crippen molar-refractivity contribution >= 4 is 5.91 Å². The molecule has 1 amide bonds. The number of nitrogens with one attached hydrogen (secondary N) is 1. The van der Waals surface area contributed by atoms with Crippen LogP contribution in [-0.4, -0.2) is 31.9 Å². The van der Waals surface area contributed by atoms with Crippen LogP contribution in [0.4, 0.5) is 4.39 Å². The van der Waals surface area contributed by atoms with E-state index in [1.807, 2.05) is 0 Å². The van der Waals surface area contributed by atoms with E-state index in [2.05, 4.69) is 39.1 Å². The number of aromatic nitrogens is 4. The van der Waals surface area contributed by atoms with Crippen molar-refractivity contribution in [1.29, 1.82) is 0 Å². The van der Waals surface area contributed by atoms with Gasteiger partial charge in [0.15, 0.2) is 11.5 Å². The first kappa shape index (κ1) is 17.4. The van der Waals surface area contributed by atoms with Crippen LogP contribution >= 0.6 is 0 Å². The maximum atomic E-state index is 13.0. The molecule has 3 aromatic rings. The zero-order chi connectivity index (χ0) is 19.0. The predicted octanol–water partition coefficient (Wildman–Crippen LogP) is 2.94. The molecule has 4 rings (SSSR count). The molecule has 3 heterocycles. The Kier molecular flexibility index (Phi) is 4.47. The summed E-state index contributed by atoms with van der Waals surface area (Å²) in [7, 11) is 0. The Bertz CT molecular complexity index is 961. The van der Waals surface area contributed by atoms with Gasteiger partial charge in [0, 0.05) is 36.6 Å². The molecule has 1 unspecified atom stereocenters. The van der Waals surface area contributed by atoms with Crippen LogP contribution in [0.2, 0.25) is 0 Å². The van der Waals surface area contributed by atoms with Gasteiger partial charge in [0.1, 0.15) is 17.5 Å². The highest BCUT2D eigenvalue weighted by Crippen LogP contribution is 2.22. The number of rotatable bonds is 4. The van der Waals surface area contributed by atoms with Crippen LogP contribution in [-0.2, 0) is 13.0 Å². The Morgan fingerprint density at radius 1 is 1.30 bits per heavy atom. The lowest BCUT2D eigenvalue weighted by molar-refractivity contribution is 0.0918. The van der Waals surface area contributed by atoms with E-state index in [4.69, 9.17) is 4.52 Å². The van der Waals surface area contributed by atoms with Crippen molar-refractivity contribution < 1.29 is 13.7 Å². The second kappa shape index (κ2) is 6.94. The SMILES string of the molecule is CC(C)c1nnc2n1CC(NC(=O)c1cc(-c3ccc(F)cc3)on1)CC2. The molecule has 27 heavy (non-hydrogen) atoms. The molecule has 0 aliphatic carbocycles. The van der Waals surface area contributed by atoms with Crippen LogP contribution in [0.3, 0.4) is 0 Å². The van der Waals surface area contributed by atoms with Gasteiger partial charge in [-0.2, -0.15) is 0 Å². The van der Waals surface area contributed by atoms with Crippen molar-refractivity contribution in [3.63, 3.8) is 0 Å². The lowest BCUT2D eigenvalue weighted by Crippen LogP contribution is -2.41. The fourth-order valence-electron chi connectivity index (χ4n) is 3.28. The van der Waals surface area contributed by atoms with Crippen molar-refractivity contribution in [2.75, 3.05) is 0 Å². The third kappa shape index (κ3) is 3.47. The summed E-state index contributed by atoms with van der Waals surface area (Å²) >= 11 is 0. The number of hydrogen-bond donors (Lipinski definition) is 1. The van der Waals surface area contributed by atoms with Crippen LogP contribution in [0.15, 0.2) is 34.9 Å². The van der Waals surface area contributed by atoms with Gasteiger partial charge >= 0.3 is 0 Å². The Balaban J connectivity index is 1.45. The molecule has 1 atom stereocenters. The van der Waals surface area contributed by atoms with Crippen LogP contribution in [0.25, 0.3) is 11.3 Å². The maximum Gasteiger partial charge on any atom is 0.273 e. The Hall–Kier alpha value is -3.03. The fraction of sp³-hybridized carbons (Fsp3) is 0.368. The molecule has 0 fully saturated rings. The second-order valence-corrected chi connectivity index (χ2v) is 7.03. The molecule has 0 spiro atoms. The summed E-state index contributed by atoms with van der Waals surface area (Å²) in [6.07, 6.45) is 1.56. The van der Waals surface area contributed by atoms with Gasteiger partial charge in [-0.15, -0.1) is 10.2 Å². The van der Waals surface area contributed by atoms with Crippen molar-refractivity contribution in [3.05, 3.63) is 53.5 Å². The van der Waals surface area contributed by atoms with Gasteiger partial charge < -0.3 is 14.4 Å². The molecule has 0 bridgehead atoms. The molecule has 140 valence electrons. The molecule has 1 N–H and O–H groups in total. The van der Waals surface area contributed by atoms with Gasteiger partial charge in [0.05, 0.1) is 0 Å². The number of hydrogen-bond acceptors (Lipinski definition) is 5. The summed E-state index contributed by atoms with van der Waals surface area (Å²) in [6.45, 7) is 4.79. The number of fused-ring (bicyclic) bond motifs is 1. The van der Waals surface area contributed by atoms with Crippen molar-refractivity contribution in [2.24, 2.45) is 0 Å². The number of nitrogens with zero attached hydrogens (tertiary/aromatic N) is 4. The van der Waals surface area contributed by atoms with Crippen molar-refractivity contribution in [3.8, 4) is 11.3 Å². The molecular weight excluding hydrogens is 349 g/mol. The number of aryl methyl sites for hydroxylation is 1. The maximum absolute atomic E-state index is 13.0. The van der Waals surface area contributed by atoms with E-state index in [1.165, 1.54) is 12.1 Å². The normalized spacial score (nSPS) is 16.4. The van der Waals surface area contributed by atoms with Gasteiger partial charge in [-0.3, -0.25) is 4.79 Å². The zero-order valence-corrected chi connectivity index (χ0v) is 15.1. The summed E-state index contributed by atoms with van der Waals surface area (Å²) in [5.41, 5.74) is 0.865. The van der Waals surface area contributed by atoms with E-state index in [1.54, 1.807) is 18.2 Å². The lowest BCUT2D eigenvalue weighted by atomic mass is 10.1. The highest BCUT2D eigenvalue weighted by atomic mass is 19.1. The smallest absolute Gasteiger partial charge is 0.273 e.